The van der Waals surface area contributed by atoms with Gasteiger partial charge in [0.25, 0.3) is 0 Å². The van der Waals surface area contributed by atoms with Gasteiger partial charge in [0.05, 0.1) is 19.3 Å². The Morgan fingerprint density at radius 3 is 3.20 bits per heavy atom. The molecular formula is C7H10O3. The Kier molecular flexibility index (Phi) is 0.952. The van der Waals surface area contributed by atoms with Gasteiger partial charge in [-0.05, 0) is 6.42 Å². The van der Waals surface area contributed by atoms with Crippen LogP contribution in [-0.4, -0.2) is 31.7 Å². The molecule has 3 aliphatic heterocycles. The van der Waals surface area contributed by atoms with Crippen LogP contribution in [0.25, 0.3) is 0 Å². The van der Waals surface area contributed by atoms with Crippen LogP contribution in [0.2, 0.25) is 0 Å². The second kappa shape index (κ2) is 1.72. The fourth-order valence-corrected chi connectivity index (χ4v) is 1.93. The van der Waals surface area contributed by atoms with Crippen LogP contribution in [0, 0.1) is 5.92 Å². The van der Waals surface area contributed by atoms with E-state index in [1.54, 1.807) is 0 Å². The van der Waals surface area contributed by atoms with Crippen LogP contribution in [0.15, 0.2) is 0 Å². The lowest BCUT2D eigenvalue weighted by atomic mass is 9.99. The van der Waals surface area contributed by atoms with Crippen LogP contribution in [0.5, 0.6) is 0 Å². The molecule has 3 fully saturated rings. The predicted molar refractivity (Wildman–Crippen MR) is 32.5 cm³/mol. The van der Waals surface area contributed by atoms with Crippen molar-refractivity contribution in [3.63, 3.8) is 0 Å². The third-order valence-corrected chi connectivity index (χ3v) is 2.55. The molecule has 3 heterocycles. The number of ether oxygens (including phenoxy) is 3. The van der Waals surface area contributed by atoms with Crippen molar-refractivity contribution < 1.29 is 14.2 Å². The van der Waals surface area contributed by atoms with Gasteiger partial charge in [-0.2, -0.15) is 0 Å². The van der Waals surface area contributed by atoms with Crippen LogP contribution in [0.1, 0.15) is 6.42 Å². The lowest BCUT2D eigenvalue weighted by Crippen LogP contribution is -2.32. The van der Waals surface area contributed by atoms with Gasteiger partial charge in [-0.15, -0.1) is 0 Å². The van der Waals surface area contributed by atoms with Crippen molar-refractivity contribution in [1.29, 1.82) is 0 Å². The van der Waals surface area contributed by atoms with Gasteiger partial charge in [0, 0.05) is 5.92 Å². The van der Waals surface area contributed by atoms with Crippen molar-refractivity contribution in [3.05, 3.63) is 0 Å². The third-order valence-electron chi connectivity index (χ3n) is 2.55. The van der Waals surface area contributed by atoms with E-state index >= 15 is 0 Å². The Morgan fingerprint density at radius 2 is 2.20 bits per heavy atom. The molecule has 3 heteroatoms. The Bertz CT molecular complexity index is 159. The molecule has 0 spiro atoms. The van der Waals surface area contributed by atoms with Crippen molar-refractivity contribution in [2.45, 2.75) is 24.9 Å². The Morgan fingerprint density at radius 1 is 1.20 bits per heavy atom. The van der Waals surface area contributed by atoms with Crippen molar-refractivity contribution in [2.75, 3.05) is 13.2 Å². The first-order valence-electron chi connectivity index (χ1n) is 3.84. The molecule has 0 aromatic carbocycles. The molecule has 0 aromatic heterocycles. The summed E-state index contributed by atoms with van der Waals surface area (Å²) >= 11 is 0. The lowest BCUT2D eigenvalue weighted by Gasteiger charge is -2.20. The van der Waals surface area contributed by atoms with Crippen molar-refractivity contribution in [2.24, 2.45) is 5.92 Å². The topological polar surface area (TPSA) is 31.0 Å². The van der Waals surface area contributed by atoms with E-state index in [0.29, 0.717) is 18.1 Å². The van der Waals surface area contributed by atoms with E-state index in [0.717, 1.165) is 19.6 Å². The van der Waals surface area contributed by atoms with Crippen LogP contribution in [-0.2, 0) is 14.2 Å². The Hall–Kier alpha value is -0.120. The standard InChI is InChI=1S/C7H10O3/c1-2-8-7-4(1)6-5(10-6)3-9-7/h4-7H,1-3H2. The molecule has 0 radical (unpaired) electrons. The highest BCUT2D eigenvalue weighted by Crippen LogP contribution is 2.42. The quantitative estimate of drug-likeness (QED) is 0.451. The monoisotopic (exact) mass is 142 g/mol. The molecule has 10 heavy (non-hydrogen) atoms. The van der Waals surface area contributed by atoms with E-state index in [2.05, 4.69) is 0 Å². The number of fused-ring (bicyclic) bond motifs is 3. The molecule has 4 unspecified atom stereocenters. The van der Waals surface area contributed by atoms with Crippen LogP contribution < -0.4 is 0 Å². The largest absolute Gasteiger partial charge is 0.367 e. The number of rotatable bonds is 0. The molecule has 3 aliphatic rings. The summed E-state index contributed by atoms with van der Waals surface area (Å²) in [5, 5.41) is 0. The molecule has 3 nitrogen and oxygen atoms in total. The van der Waals surface area contributed by atoms with Gasteiger partial charge in [-0.25, -0.2) is 0 Å². The van der Waals surface area contributed by atoms with Gasteiger partial charge in [-0.1, -0.05) is 0 Å². The lowest BCUT2D eigenvalue weighted by molar-refractivity contribution is -0.141. The highest BCUT2D eigenvalue weighted by molar-refractivity contribution is 4.97. The summed E-state index contributed by atoms with van der Waals surface area (Å²) < 4.78 is 16.1. The smallest absolute Gasteiger partial charge is 0.163 e. The van der Waals surface area contributed by atoms with E-state index < -0.39 is 0 Å². The first-order valence-corrected chi connectivity index (χ1v) is 3.84. The van der Waals surface area contributed by atoms with Crippen LogP contribution in [0.4, 0.5) is 0 Å². The molecule has 3 rings (SSSR count). The summed E-state index contributed by atoms with van der Waals surface area (Å²) in [6.45, 7) is 1.59. The van der Waals surface area contributed by atoms with E-state index in [9.17, 15) is 0 Å². The second-order valence-corrected chi connectivity index (χ2v) is 3.16. The van der Waals surface area contributed by atoms with Gasteiger partial charge < -0.3 is 14.2 Å². The zero-order valence-electron chi connectivity index (χ0n) is 5.66. The van der Waals surface area contributed by atoms with Gasteiger partial charge in [0.15, 0.2) is 6.29 Å². The van der Waals surface area contributed by atoms with Gasteiger partial charge in [0.2, 0.25) is 0 Å². The molecule has 56 valence electrons. The van der Waals surface area contributed by atoms with E-state index in [4.69, 9.17) is 14.2 Å². The van der Waals surface area contributed by atoms with Crippen molar-refractivity contribution in [3.8, 4) is 0 Å². The first kappa shape index (κ1) is 5.52. The summed E-state index contributed by atoms with van der Waals surface area (Å²) in [5.74, 6) is 0.541. The second-order valence-electron chi connectivity index (χ2n) is 3.16. The summed E-state index contributed by atoms with van der Waals surface area (Å²) in [4.78, 5) is 0. The maximum absolute atomic E-state index is 5.41. The predicted octanol–water partition coefficient (Wildman–Crippen LogP) is 0.147. The minimum atomic E-state index is 0.0590. The highest BCUT2D eigenvalue weighted by atomic mass is 16.7. The SMILES string of the molecule is C1CC2C(O1)OCC1OC12. The summed E-state index contributed by atoms with van der Waals surface area (Å²) in [5.41, 5.74) is 0. The van der Waals surface area contributed by atoms with Gasteiger partial charge >= 0.3 is 0 Å². The zero-order valence-corrected chi connectivity index (χ0v) is 5.66. The van der Waals surface area contributed by atoms with Crippen LogP contribution in [0.3, 0.4) is 0 Å². The van der Waals surface area contributed by atoms with E-state index in [-0.39, 0.29) is 6.29 Å². The molecule has 0 bridgehead atoms. The molecule has 0 N–H and O–H groups in total. The Labute approximate surface area is 59.3 Å². The molecule has 3 saturated heterocycles. The third kappa shape index (κ3) is 0.603. The Balaban J connectivity index is 1.83. The van der Waals surface area contributed by atoms with E-state index in [1.807, 2.05) is 0 Å². The summed E-state index contributed by atoms with van der Waals surface area (Å²) in [7, 11) is 0. The molecule has 0 aliphatic carbocycles. The minimum Gasteiger partial charge on any atom is -0.367 e. The van der Waals surface area contributed by atoms with E-state index in [1.165, 1.54) is 0 Å². The molecule has 0 aromatic rings. The van der Waals surface area contributed by atoms with Gasteiger partial charge in [-0.3, -0.25) is 0 Å². The fourth-order valence-electron chi connectivity index (χ4n) is 1.93. The number of epoxide rings is 1. The molecule has 0 saturated carbocycles. The van der Waals surface area contributed by atoms with Crippen molar-refractivity contribution >= 4 is 0 Å². The first-order chi connectivity index (χ1) is 4.95. The molecular weight excluding hydrogens is 132 g/mol. The molecule has 0 amide bonds. The minimum absolute atomic E-state index is 0.0590. The summed E-state index contributed by atoms with van der Waals surface area (Å²) in [6.07, 6.45) is 2.05. The average Bonchev–Trinajstić information content (AvgIpc) is 2.60. The number of hydrogen-bond donors (Lipinski definition) is 0. The summed E-state index contributed by atoms with van der Waals surface area (Å²) in [6, 6.07) is 0. The maximum Gasteiger partial charge on any atom is 0.163 e. The maximum atomic E-state index is 5.41. The highest BCUT2D eigenvalue weighted by Gasteiger charge is 2.54. The van der Waals surface area contributed by atoms with Crippen LogP contribution >= 0.6 is 0 Å². The molecule has 4 atom stereocenters. The van der Waals surface area contributed by atoms with Gasteiger partial charge in [0.1, 0.15) is 6.10 Å². The zero-order chi connectivity index (χ0) is 6.55. The average molecular weight is 142 g/mol. The number of hydrogen-bond acceptors (Lipinski definition) is 3. The fraction of sp³-hybridized carbons (Fsp3) is 1.00. The van der Waals surface area contributed by atoms with Crippen molar-refractivity contribution in [1.82, 2.24) is 0 Å². The normalized spacial score (nSPS) is 57.6.